The van der Waals surface area contributed by atoms with E-state index < -0.39 is 36.9 Å². The molecule has 0 fully saturated rings. The second kappa shape index (κ2) is 48.1. The molecule has 0 spiro atoms. The predicted octanol–water partition coefficient (Wildman–Crippen LogP) is 14.9. The Bertz CT molecular complexity index is 852. The van der Waals surface area contributed by atoms with Crippen molar-refractivity contribution in [3.05, 3.63) is 12.2 Å². The van der Waals surface area contributed by atoms with Crippen molar-refractivity contribution in [1.29, 1.82) is 0 Å². The van der Waals surface area contributed by atoms with Crippen molar-refractivity contribution in [2.24, 2.45) is 0 Å². The van der Waals surface area contributed by atoms with E-state index in [1.807, 2.05) is 0 Å². The first-order valence-corrected chi connectivity index (χ1v) is 26.6. The summed E-state index contributed by atoms with van der Waals surface area (Å²) in [6, 6.07) is -0.998. The van der Waals surface area contributed by atoms with Crippen LogP contribution in [0.3, 0.4) is 0 Å². The van der Waals surface area contributed by atoms with E-state index in [0.717, 1.165) is 38.5 Å². The maximum Gasteiger partial charge on any atom is 0.249 e. The zero-order valence-electron chi connectivity index (χ0n) is 39.8. The van der Waals surface area contributed by atoms with Gasteiger partial charge in [0.2, 0.25) is 5.91 Å². The molecule has 6 heteroatoms. The van der Waals surface area contributed by atoms with E-state index >= 15 is 0 Å². The molecule has 59 heavy (non-hydrogen) atoms. The van der Waals surface area contributed by atoms with Crippen LogP contribution in [0.4, 0.5) is 0 Å². The third-order valence-corrected chi connectivity index (χ3v) is 12.7. The van der Waals surface area contributed by atoms with Gasteiger partial charge < -0.3 is 25.7 Å². The molecule has 0 rings (SSSR count). The number of nitrogens with one attached hydrogen (secondary N) is 1. The fourth-order valence-electron chi connectivity index (χ4n) is 8.53. The number of hydrogen-bond acceptors (Lipinski definition) is 5. The van der Waals surface area contributed by atoms with Crippen molar-refractivity contribution in [1.82, 2.24) is 5.32 Å². The third-order valence-electron chi connectivity index (χ3n) is 12.7. The monoisotopic (exact) mass is 836 g/mol. The molecule has 0 bridgehead atoms. The van der Waals surface area contributed by atoms with Crippen LogP contribution < -0.4 is 5.32 Å². The van der Waals surface area contributed by atoms with Crippen LogP contribution in [0.15, 0.2) is 12.2 Å². The van der Waals surface area contributed by atoms with Gasteiger partial charge in [-0.3, -0.25) is 4.79 Å². The summed E-state index contributed by atoms with van der Waals surface area (Å²) in [5.41, 5.74) is 0. The van der Waals surface area contributed by atoms with Gasteiger partial charge in [-0.1, -0.05) is 264 Å². The number of amides is 1. The SMILES string of the molecule is CCCCCCCCCCCCCCCCCCCCCC/C=C/CCCC(O)C(O)C(CO)NC(=O)C(O)CCCCCCCCCCCCCCCCCCCC. The van der Waals surface area contributed by atoms with Crippen molar-refractivity contribution < 1.29 is 25.2 Å². The molecule has 0 aromatic heterocycles. The lowest BCUT2D eigenvalue weighted by Gasteiger charge is -2.27. The Hall–Kier alpha value is -0.950. The van der Waals surface area contributed by atoms with E-state index in [1.165, 1.54) is 225 Å². The van der Waals surface area contributed by atoms with Crippen LogP contribution in [0.25, 0.3) is 0 Å². The molecule has 5 N–H and O–H groups in total. The molecule has 0 aliphatic heterocycles. The van der Waals surface area contributed by atoms with E-state index in [9.17, 15) is 25.2 Å². The van der Waals surface area contributed by atoms with Crippen molar-refractivity contribution in [2.75, 3.05) is 6.61 Å². The number of hydrogen-bond donors (Lipinski definition) is 5. The average Bonchev–Trinajstić information content (AvgIpc) is 3.24. The van der Waals surface area contributed by atoms with Crippen molar-refractivity contribution in [3.63, 3.8) is 0 Å². The van der Waals surface area contributed by atoms with E-state index in [4.69, 9.17) is 0 Å². The zero-order valence-corrected chi connectivity index (χ0v) is 39.8. The molecule has 352 valence electrons. The molecule has 4 unspecified atom stereocenters. The molecule has 0 aliphatic rings. The minimum absolute atomic E-state index is 0.368. The summed E-state index contributed by atoms with van der Waals surface area (Å²) in [5.74, 6) is -0.588. The van der Waals surface area contributed by atoms with E-state index in [1.54, 1.807) is 0 Å². The summed E-state index contributed by atoms with van der Waals surface area (Å²) >= 11 is 0. The Morgan fingerprint density at radius 1 is 0.407 bits per heavy atom. The summed E-state index contributed by atoms with van der Waals surface area (Å²) < 4.78 is 0. The summed E-state index contributed by atoms with van der Waals surface area (Å²) in [7, 11) is 0. The van der Waals surface area contributed by atoms with E-state index in [0.29, 0.717) is 12.8 Å². The van der Waals surface area contributed by atoms with Crippen LogP contribution in [-0.2, 0) is 4.79 Å². The number of aliphatic hydroxyl groups excluding tert-OH is 4. The highest BCUT2D eigenvalue weighted by atomic mass is 16.3. The Balaban J connectivity index is 3.65. The lowest BCUT2D eigenvalue weighted by atomic mass is 10.00. The Morgan fingerprint density at radius 2 is 0.695 bits per heavy atom. The largest absolute Gasteiger partial charge is 0.394 e. The fourth-order valence-corrected chi connectivity index (χ4v) is 8.53. The number of unbranched alkanes of at least 4 members (excludes halogenated alkanes) is 38. The molecule has 0 aromatic rings. The van der Waals surface area contributed by atoms with E-state index in [-0.39, 0.29) is 0 Å². The molecular weight excluding hydrogens is 731 g/mol. The average molecular weight is 836 g/mol. The van der Waals surface area contributed by atoms with E-state index in [2.05, 4.69) is 31.3 Å². The topological polar surface area (TPSA) is 110 Å². The third kappa shape index (κ3) is 42.1. The Labute approximate surface area is 368 Å². The van der Waals surface area contributed by atoms with Crippen molar-refractivity contribution in [2.45, 2.75) is 314 Å². The highest BCUT2D eigenvalue weighted by molar-refractivity contribution is 5.80. The van der Waals surface area contributed by atoms with Gasteiger partial charge >= 0.3 is 0 Å². The van der Waals surface area contributed by atoms with Gasteiger partial charge in [-0.25, -0.2) is 0 Å². The smallest absolute Gasteiger partial charge is 0.249 e. The van der Waals surface area contributed by atoms with Gasteiger partial charge in [0.1, 0.15) is 12.2 Å². The summed E-state index contributed by atoms with van der Waals surface area (Å²) in [4.78, 5) is 12.6. The molecule has 1 amide bonds. The summed E-state index contributed by atoms with van der Waals surface area (Å²) in [6.07, 6.45) is 55.6. The molecule has 0 aromatic carbocycles. The first-order chi connectivity index (χ1) is 29.0. The van der Waals surface area contributed by atoms with Crippen LogP contribution in [0.5, 0.6) is 0 Å². The van der Waals surface area contributed by atoms with Crippen LogP contribution >= 0.6 is 0 Å². The molecule has 0 heterocycles. The lowest BCUT2D eigenvalue weighted by molar-refractivity contribution is -0.132. The van der Waals surface area contributed by atoms with Gasteiger partial charge in [0, 0.05) is 0 Å². The number of carbonyl (C=O) groups excluding carboxylic acids is 1. The van der Waals surface area contributed by atoms with Gasteiger partial charge in [-0.05, 0) is 38.5 Å². The zero-order chi connectivity index (χ0) is 43.1. The first-order valence-electron chi connectivity index (χ1n) is 26.6. The Kier molecular flexibility index (Phi) is 47.3. The first kappa shape index (κ1) is 58.0. The van der Waals surface area contributed by atoms with Gasteiger partial charge in [0.05, 0.1) is 18.8 Å². The summed E-state index contributed by atoms with van der Waals surface area (Å²) in [6.45, 7) is 4.08. The molecule has 0 aliphatic carbocycles. The maximum absolute atomic E-state index is 12.6. The van der Waals surface area contributed by atoms with Gasteiger partial charge in [-0.15, -0.1) is 0 Å². The number of allylic oxidation sites excluding steroid dienone is 2. The number of rotatable bonds is 49. The highest BCUT2D eigenvalue weighted by Gasteiger charge is 2.28. The molecule has 0 saturated carbocycles. The maximum atomic E-state index is 12.6. The molecule has 0 radical (unpaired) electrons. The van der Waals surface area contributed by atoms with Crippen LogP contribution in [0, 0.1) is 0 Å². The fraction of sp³-hybridized carbons (Fsp3) is 0.943. The Morgan fingerprint density at radius 3 is 1.02 bits per heavy atom. The quantitative estimate of drug-likeness (QED) is 0.0310. The lowest BCUT2D eigenvalue weighted by Crippen LogP contribution is -2.53. The molecule has 4 atom stereocenters. The minimum Gasteiger partial charge on any atom is -0.394 e. The molecule has 0 saturated heterocycles. The molecule has 6 nitrogen and oxygen atoms in total. The predicted molar refractivity (Wildman–Crippen MR) is 256 cm³/mol. The minimum atomic E-state index is -1.28. The van der Waals surface area contributed by atoms with Gasteiger partial charge in [-0.2, -0.15) is 0 Å². The second-order valence-electron chi connectivity index (χ2n) is 18.6. The summed E-state index contributed by atoms with van der Waals surface area (Å²) in [5, 5.41) is 43.9. The highest BCUT2D eigenvalue weighted by Crippen LogP contribution is 2.18. The van der Waals surface area contributed by atoms with Crippen molar-refractivity contribution >= 4 is 5.91 Å². The van der Waals surface area contributed by atoms with Crippen molar-refractivity contribution in [3.8, 4) is 0 Å². The van der Waals surface area contributed by atoms with Gasteiger partial charge in [0.25, 0.3) is 0 Å². The van der Waals surface area contributed by atoms with Gasteiger partial charge in [0.15, 0.2) is 0 Å². The van der Waals surface area contributed by atoms with Crippen LogP contribution in [-0.4, -0.2) is 57.3 Å². The number of aliphatic hydroxyl groups is 4. The number of carbonyl (C=O) groups is 1. The van der Waals surface area contributed by atoms with Crippen LogP contribution in [0.1, 0.15) is 290 Å². The van der Waals surface area contributed by atoms with Crippen LogP contribution in [0.2, 0.25) is 0 Å². The molecular formula is C53H105NO5. The second-order valence-corrected chi connectivity index (χ2v) is 18.6. The standard InChI is InChI=1S/C53H105NO5/c1-3-5-7-9-11-13-15-17-19-21-23-24-25-26-27-28-29-31-32-34-36-38-40-42-44-46-50(56)52(58)49(48-55)54-53(59)51(57)47-45-43-41-39-37-35-33-30-22-20-18-16-14-12-10-8-6-4-2/h38,40,49-52,55-58H,3-37,39,41-48H2,1-2H3,(H,54,59)/b40-38+. The normalized spacial score (nSPS) is 13.9.